The van der Waals surface area contributed by atoms with E-state index in [0.717, 1.165) is 11.8 Å². The molecule has 0 aliphatic carbocycles. The lowest BCUT2D eigenvalue weighted by Gasteiger charge is -2.05. The Morgan fingerprint density at radius 2 is 1.69 bits per heavy atom. The number of methoxy groups -OCH3 is 2. The summed E-state index contributed by atoms with van der Waals surface area (Å²) in [5.41, 5.74) is 1.84. The van der Waals surface area contributed by atoms with Crippen molar-refractivity contribution >= 4 is 29.1 Å². The van der Waals surface area contributed by atoms with Crippen molar-refractivity contribution in [2.24, 2.45) is 0 Å². The number of benzene rings is 2. The van der Waals surface area contributed by atoms with E-state index in [1.54, 1.807) is 56.7 Å². The van der Waals surface area contributed by atoms with Crippen LogP contribution >= 0.6 is 11.8 Å². The predicted molar refractivity (Wildman–Crippen MR) is 109 cm³/mol. The molecule has 1 amide bonds. The third-order valence-corrected chi connectivity index (χ3v) is 4.73. The molecule has 0 saturated heterocycles. The zero-order valence-corrected chi connectivity index (χ0v) is 16.9. The highest BCUT2D eigenvalue weighted by Gasteiger charge is 2.13. The molecule has 2 aromatic carbocycles. The van der Waals surface area contributed by atoms with E-state index < -0.39 is 0 Å². The third kappa shape index (κ3) is 5.35. The molecule has 0 bridgehead atoms. The number of ether oxygens (including phenoxy) is 2. The molecule has 3 aromatic rings. The monoisotopic (exact) mass is 413 g/mol. The maximum atomic E-state index is 12.1. The molecule has 0 radical (unpaired) electrons. The van der Waals surface area contributed by atoms with Crippen molar-refractivity contribution in [2.75, 3.05) is 25.3 Å². The Kier molecular flexibility index (Phi) is 6.50. The second-order valence-corrected chi connectivity index (χ2v) is 6.87. The lowest BCUT2D eigenvalue weighted by molar-refractivity contribution is -0.113. The average Bonchev–Trinajstić information content (AvgIpc) is 3.21. The van der Waals surface area contributed by atoms with Crippen LogP contribution in [-0.2, 0) is 4.79 Å². The highest BCUT2D eigenvalue weighted by molar-refractivity contribution is 7.99. The van der Waals surface area contributed by atoms with Gasteiger partial charge in [-0.25, -0.2) is 0 Å². The smallest absolute Gasteiger partial charge is 0.277 e. The van der Waals surface area contributed by atoms with Crippen LogP contribution in [0.5, 0.6) is 11.5 Å². The number of Topliss-reactive ketones (excluding diaryl/α,β-unsaturated/α-hetero) is 1. The first-order chi connectivity index (χ1) is 14.0. The Bertz CT molecular complexity index is 995. The molecule has 29 heavy (non-hydrogen) atoms. The van der Waals surface area contributed by atoms with Crippen LogP contribution in [-0.4, -0.2) is 41.9 Å². The summed E-state index contributed by atoms with van der Waals surface area (Å²) in [6.45, 7) is 1.49. The Hall–Kier alpha value is -3.33. The minimum atomic E-state index is -0.228. The summed E-state index contributed by atoms with van der Waals surface area (Å²) < 4.78 is 16.1. The van der Waals surface area contributed by atoms with Crippen LogP contribution in [0.4, 0.5) is 5.69 Å². The minimum Gasteiger partial charge on any atom is -0.497 e. The molecule has 9 heteroatoms. The zero-order valence-electron chi connectivity index (χ0n) is 16.1. The summed E-state index contributed by atoms with van der Waals surface area (Å²) in [6, 6.07) is 11.9. The molecule has 0 aliphatic rings. The van der Waals surface area contributed by atoms with E-state index >= 15 is 0 Å². The highest BCUT2D eigenvalue weighted by atomic mass is 32.2. The molecule has 0 spiro atoms. The van der Waals surface area contributed by atoms with Gasteiger partial charge in [-0.2, -0.15) is 0 Å². The van der Waals surface area contributed by atoms with Crippen molar-refractivity contribution in [3.63, 3.8) is 0 Å². The standard InChI is InChI=1S/C20H19N3O5S/c1-12(24)13-4-6-15(7-5-13)21-18(25)11-29-20-23-22-19(28-20)14-8-16(26-2)10-17(9-14)27-3/h4-10H,11H2,1-3H3,(H,21,25). The van der Waals surface area contributed by atoms with Gasteiger partial charge < -0.3 is 19.2 Å². The third-order valence-electron chi connectivity index (χ3n) is 3.91. The first kappa shape index (κ1) is 20.4. The Balaban J connectivity index is 1.60. The number of anilines is 1. The van der Waals surface area contributed by atoms with E-state index in [9.17, 15) is 9.59 Å². The number of aromatic nitrogens is 2. The molecular weight excluding hydrogens is 394 g/mol. The first-order valence-corrected chi connectivity index (χ1v) is 9.57. The maximum Gasteiger partial charge on any atom is 0.277 e. The number of rotatable bonds is 8. The normalized spacial score (nSPS) is 10.4. The largest absolute Gasteiger partial charge is 0.497 e. The SMILES string of the molecule is COc1cc(OC)cc(-c2nnc(SCC(=O)Nc3ccc(C(C)=O)cc3)o2)c1. The fourth-order valence-corrected chi connectivity index (χ4v) is 2.99. The molecule has 150 valence electrons. The van der Waals surface area contributed by atoms with E-state index in [4.69, 9.17) is 13.9 Å². The lowest BCUT2D eigenvalue weighted by Crippen LogP contribution is -2.14. The van der Waals surface area contributed by atoms with Gasteiger partial charge >= 0.3 is 0 Å². The van der Waals surface area contributed by atoms with Gasteiger partial charge in [-0.05, 0) is 43.3 Å². The molecule has 0 saturated carbocycles. The number of ketones is 1. The first-order valence-electron chi connectivity index (χ1n) is 8.59. The Morgan fingerprint density at radius 1 is 1.03 bits per heavy atom. The van der Waals surface area contributed by atoms with Crippen molar-refractivity contribution in [1.82, 2.24) is 10.2 Å². The van der Waals surface area contributed by atoms with Crippen LogP contribution in [0, 0.1) is 0 Å². The lowest BCUT2D eigenvalue weighted by atomic mass is 10.1. The molecule has 1 heterocycles. The van der Waals surface area contributed by atoms with Crippen LogP contribution in [0.15, 0.2) is 52.1 Å². The molecule has 3 rings (SSSR count). The maximum absolute atomic E-state index is 12.1. The second kappa shape index (κ2) is 9.24. The molecule has 1 N–H and O–H groups in total. The molecule has 1 aromatic heterocycles. The summed E-state index contributed by atoms with van der Waals surface area (Å²) >= 11 is 1.12. The Morgan fingerprint density at radius 3 is 2.28 bits per heavy atom. The number of amides is 1. The van der Waals surface area contributed by atoms with Crippen molar-refractivity contribution in [3.05, 3.63) is 48.0 Å². The number of carbonyl (C=O) groups is 2. The number of nitrogens with one attached hydrogen (secondary N) is 1. The van der Waals surface area contributed by atoms with Crippen molar-refractivity contribution in [1.29, 1.82) is 0 Å². The number of hydrogen-bond donors (Lipinski definition) is 1. The number of hydrogen-bond acceptors (Lipinski definition) is 8. The molecular formula is C20H19N3O5S. The van der Waals surface area contributed by atoms with E-state index in [-0.39, 0.29) is 22.7 Å². The molecule has 0 aliphatic heterocycles. The van der Waals surface area contributed by atoms with Gasteiger partial charge in [0.25, 0.3) is 5.22 Å². The van der Waals surface area contributed by atoms with Crippen LogP contribution < -0.4 is 14.8 Å². The summed E-state index contributed by atoms with van der Waals surface area (Å²) in [5, 5.41) is 11.0. The van der Waals surface area contributed by atoms with E-state index in [1.807, 2.05) is 0 Å². The zero-order chi connectivity index (χ0) is 20.8. The van der Waals surface area contributed by atoms with Crippen molar-refractivity contribution < 1.29 is 23.5 Å². The van der Waals surface area contributed by atoms with Gasteiger partial charge in [0.05, 0.1) is 20.0 Å². The topological polar surface area (TPSA) is 104 Å². The van der Waals surface area contributed by atoms with Gasteiger partial charge in [-0.3, -0.25) is 9.59 Å². The average molecular weight is 413 g/mol. The number of nitrogens with zero attached hydrogens (tertiary/aromatic N) is 2. The molecule has 0 atom stereocenters. The van der Waals surface area contributed by atoms with Crippen LogP contribution in [0.3, 0.4) is 0 Å². The van der Waals surface area contributed by atoms with Gasteiger partial charge in [0.15, 0.2) is 5.78 Å². The van der Waals surface area contributed by atoms with Gasteiger partial charge in [-0.1, -0.05) is 11.8 Å². The molecule has 0 fully saturated rings. The Labute approximate surface area is 171 Å². The van der Waals surface area contributed by atoms with Crippen LogP contribution in [0.2, 0.25) is 0 Å². The number of carbonyl (C=O) groups excluding carboxylic acids is 2. The van der Waals surface area contributed by atoms with E-state index in [2.05, 4.69) is 15.5 Å². The van der Waals surface area contributed by atoms with Gasteiger partial charge in [0.1, 0.15) is 11.5 Å². The quantitative estimate of drug-likeness (QED) is 0.440. The van der Waals surface area contributed by atoms with Gasteiger partial charge in [0.2, 0.25) is 11.8 Å². The minimum absolute atomic E-state index is 0.0284. The van der Waals surface area contributed by atoms with Crippen LogP contribution in [0.1, 0.15) is 17.3 Å². The summed E-state index contributed by atoms with van der Waals surface area (Å²) in [7, 11) is 3.11. The van der Waals surface area contributed by atoms with E-state index in [1.165, 1.54) is 6.92 Å². The highest BCUT2D eigenvalue weighted by Crippen LogP contribution is 2.30. The van der Waals surface area contributed by atoms with Crippen LogP contribution in [0.25, 0.3) is 11.5 Å². The summed E-state index contributed by atoms with van der Waals surface area (Å²) in [5.74, 6) is 1.33. The van der Waals surface area contributed by atoms with Gasteiger partial charge in [-0.15, -0.1) is 10.2 Å². The fraction of sp³-hybridized carbons (Fsp3) is 0.200. The van der Waals surface area contributed by atoms with Crippen molar-refractivity contribution in [2.45, 2.75) is 12.1 Å². The fourth-order valence-electron chi connectivity index (χ4n) is 2.43. The van der Waals surface area contributed by atoms with Gasteiger partial charge in [0, 0.05) is 22.9 Å². The predicted octanol–water partition coefficient (Wildman–Crippen LogP) is 3.69. The van der Waals surface area contributed by atoms with Crippen molar-refractivity contribution in [3.8, 4) is 23.0 Å². The second-order valence-electron chi connectivity index (χ2n) is 5.94. The molecule has 0 unspecified atom stereocenters. The summed E-state index contributed by atoms with van der Waals surface area (Å²) in [6.07, 6.45) is 0. The molecule has 8 nitrogen and oxygen atoms in total. The van der Waals surface area contributed by atoms with E-state index in [0.29, 0.717) is 34.2 Å². The number of thioether (sulfide) groups is 1. The summed E-state index contributed by atoms with van der Waals surface area (Å²) in [4.78, 5) is 23.4.